The van der Waals surface area contributed by atoms with Crippen molar-refractivity contribution in [2.75, 3.05) is 18.5 Å². The summed E-state index contributed by atoms with van der Waals surface area (Å²) in [5.41, 5.74) is 9.21. The van der Waals surface area contributed by atoms with Gasteiger partial charge in [-0.1, -0.05) is 0 Å². The van der Waals surface area contributed by atoms with Crippen LogP contribution in [0.3, 0.4) is 0 Å². The van der Waals surface area contributed by atoms with Crippen molar-refractivity contribution in [3.8, 4) is 5.75 Å². The van der Waals surface area contributed by atoms with Crippen molar-refractivity contribution in [2.24, 2.45) is 12.8 Å². The summed E-state index contributed by atoms with van der Waals surface area (Å²) in [6.07, 6.45) is 0.809. The summed E-state index contributed by atoms with van der Waals surface area (Å²) in [4.78, 5) is 29.0. The first-order chi connectivity index (χ1) is 13.4. The summed E-state index contributed by atoms with van der Waals surface area (Å²) in [7, 11) is 1.76. The van der Waals surface area contributed by atoms with Gasteiger partial charge in [-0.3, -0.25) is 19.4 Å². The molecule has 0 aliphatic heterocycles. The number of ether oxygens (including phenoxy) is 1. The number of aryl methyl sites for hydroxylation is 3. The van der Waals surface area contributed by atoms with Crippen molar-refractivity contribution in [2.45, 2.75) is 26.7 Å². The predicted molar refractivity (Wildman–Crippen MR) is 109 cm³/mol. The number of benzene rings is 1. The number of aromatic amines is 1. The van der Waals surface area contributed by atoms with Crippen LogP contribution < -0.4 is 21.3 Å². The lowest BCUT2D eigenvalue weighted by atomic mass is 10.00. The molecular weight excluding hydrogens is 358 g/mol. The number of pyridine rings is 1. The Labute approximate surface area is 162 Å². The Morgan fingerprint density at radius 1 is 1.29 bits per heavy atom. The van der Waals surface area contributed by atoms with E-state index in [2.05, 4.69) is 15.4 Å². The van der Waals surface area contributed by atoms with E-state index in [0.29, 0.717) is 48.5 Å². The Kier molecular flexibility index (Phi) is 5.79. The van der Waals surface area contributed by atoms with Crippen molar-refractivity contribution < 1.29 is 9.53 Å². The molecule has 4 N–H and O–H groups in total. The first-order valence-corrected chi connectivity index (χ1v) is 9.18. The number of carbonyl (C=O) groups is 1. The van der Waals surface area contributed by atoms with Crippen molar-refractivity contribution in [1.82, 2.24) is 14.8 Å². The number of aromatic nitrogens is 3. The van der Waals surface area contributed by atoms with Gasteiger partial charge in [0.15, 0.2) is 5.65 Å². The summed E-state index contributed by atoms with van der Waals surface area (Å²) in [6.45, 7) is 4.70. The van der Waals surface area contributed by atoms with Crippen LogP contribution in [0.1, 0.15) is 23.2 Å². The lowest BCUT2D eigenvalue weighted by Crippen LogP contribution is -2.14. The maximum atomic E-state index is 12.3. The van der Waals surface area contributed by atoms with Crippen molar-refractivity contribution in [3.05, 3.63) is 51.4 Å². The van der Waals surface area contributed by atoms with Gasteiger partial charge in [-0.2, -0.15) is 0 Å². The highest BCUT2D eigenvalue weighted by atomic mass is 16.5. The Hall–Kier alpha value is -3.13. The highest BCUT2D eigenvalue weighted by Gasteiger charge is 2.16. The van der Waals surface area contributed by atoms with Crippen LogP contribution in [-0.4, -0.2) is 33.8 Å². The molecule has 0 saturated carbocycles. The molecule has 0 radical (unpaired) electrons. The average Bonchev–Trinajstić information content (AvgIpc) is 2.94. The van der Waals surface area contributed by atoms with E-state index in [4.69, 9.17) is 10.5 Å². The molecule has 0 atom stereocenters. The second-order valence-corrected chi connectivity index (χ2v) is 6.71. The van der Waals surface area contributed by atoms with Crippen molar-refractivity contribution in [3.63, 3.8) is 0 Å². The molecule has 3 aromatic rings. The molecule has 2 aromatic heterocycles. The first kappa shape index (κ1) is 19.6. The van der Waals surface area contributed by atoms with Gasteiger partial charge in [-0.05, 0) is 55.7 Å². The van der Waals surface area contributed by atoms with Crippen LogP contribution in [0.25, 0.3) is 11.0 Å². The van der Waals surface area contributed by atoms with Crippen LogP contribution >= 0.6 is 0 Å². The number of hydrogen-bond acceptors (Lipinski definition) is 5. The third-order valence-corrected chi connectivity index (χ3v) is 4.70. The summed E-state index contributed by atoms with van der Waals surface area (Å²) < 4.78 is 7.04. The fourth-order valence-corrected chi connectivity index (χ4v) is 3.29. The highest BCUT2D eigenvalue weighted by Crippen LogP contribution is 2.21. The monoisotopic (exact) mass is 383 g/mol. The summed E-state index contributed by atoms with van der Waals surface area (Å²) in [5.74, 6) is 0.610. The topological polar surface area (TPSA) is 115 Å². The molecule has 0 unspecified atom stereocenters. The zero-order valence-electron chi connectivity index (χ0n) is 16.3. The number of nitrogens with one attached hydrogen (secondary N) is 2. The highest BCUT2D eigenvalue weighted by molar-refractivity contribution is 5.91. The predicted octanol–water partition coefficient (Wildman–Crippen LogP) is 1.79. The van der Waals surface area contributed by atoms with Gasteiger partial charge in [0.05, 0.1) is 5.39 Å². The zero-order valence-corrected chi connectivity index (χ0v) is 16.3. The summed E-state index contributed by atoms with van der Waals surface area (Å²) >= 11 is 0. The van der Waals surface area contributed by atoms with Crippen molar-refractivity contribution in [1.29, 1.82) is 0 Å². The van der Waals surface area contributed by atoms with E-state index in [0.717, 1.165) is 16.8 Å². The molecule has 8 nitrogen and oxygen atoms in total. The van der Waals surface area contributed by atoms with Gasteiger partial charge in [-0.15, -0.1) is 0 Å². The summed E-state index contributed by atoms with van der Waals surface area (Å²) in [6, 6.07) is 7.16. The van der Waals surface area contributed by atoms with Crippen LogP contribution in [0.15, 0.2) is 29.1 Å². The third kappa shape index (κ3) is 4.07. The Morgan fingerprint density at radius 2 is 2.00 bits per heavy atom. The Bertz CT molecular complexity index is 1050. The van der Waals surface area contributed by atoms with E-state index < -0.39 is 0 Å². The normalized spacial score (nSPS) is 11.0. The first-order valence-electron chi connectivity index (χ1n) is 9.18. The number of H-pyrrole nitrogens is 1. The van der Waals surface area contributed by atoms with Crippen LogP contribution in [0.5, 0.6) is 5.75 Å². The molecule has 0 aliphatic rings. The molecule has 8 heteroatoms. The molecule has 148 valence electrons. The molecule has 0 saturated heterocycles. The quantitative estimate of drug-likeness (QED) is 0.575. The molecule has 0 aliphatic carbocycles. The number of nitrogens with two attached hydrogens (primary N) is 1. The lowest BCUT2D eigenvalue weighted by Gasteiger charge is -2.11. The largest absolute Gasteiger partial charge is 0.492 e. The number of fused-ring (bicyclic) bond motifs is 1. The van der Waals surface area contributed by atoms with Gasteiger partial charge in [0.25, 0.3) is 5.56 Å². The lowest BCUT2D eigenvalue weighted by molar-refractivity contribution is -0.116. The number of nitrogens with zero attached hydrogens (tertiary/aromatic N) is 2. The van der Waals surface area contributed by atoms with Gasteiger partial charge < -0.3 is 15.8 Å². The minimum atomic E-state index is -0.162. The molecule has 2 heterocycles. The fraction of sp³-hybridized carbons (Fsp3) is 0.350. The zero-order chi connectivity index (χ0) is 20.3. The standard InChI is InChI=1S/C20H25N5O3/c1-12-16(13(2)22-19-18(12)20(27)24-25(19)3)8-9-17(26)23-14-4-6-15(7-5-14)28-11-10-21/h4-7H,8-11,21H2,1-3H3,(H,23,26)(H,24,27). The second-order valence-electron chi connectivity index (χ2n) is 6.71. The molecule has 0 spiro atoms. The smallest absolute Gasteiger partial charge is 0.273 e. The molecule has 1 amide bonds. The van der Waals surface area contributed by atoms with Crippen LogP contribution in [-0.2, 0) is 18.3 Å². The van der Waals surface area contributed by atoms with E-state index in [1.165, 1.54) is 0 Å². The van der Waals surface area contributed by atoms with Crippen molar-refractivity contribution >= 4 is 22.6 Å². The van der Waals surface area contributed by atoms with Gasteiger partial charge in [0.2, 0.25) is 5.91 Å². The molecule has 0 fully saturated rings. The van der Waals surface area contributed by atoms with E-state index in [9.17, 15) is 9.59 Å². The van der Waals surface area contributed by atoms with Crippen LogP contribution in [0.4, 0.5) is 5.69 Å². The van der Waals surface area contributed by atoms with Gasteiger partial charge in [0, 0.05) is 31.4 Å². The van der Waals surface area contributed by atoms with Gasteiger partial charge >= 0.3 is 0 Å². The minimum Gasteiger partial charge on any atom is -0.492 e. The van der Waals surface area contributed by atoms with Gasteiger partial charge in [0.1, 0.15) is 12.4 Å². The van der Waals surface area contributed by atoms with Crippen LogP contribution in [0, 0.1) is 13.8 Å². The number of carbonyl (C=O) groups excluding carboxylic acids is 1. The maximum absolute atomic E-state index is 12.3. The minimum absolute atomic E-state index is 0.100. The molecule has 28 heavy (non-hydrogen) atoms. The number of amides is 1. The maximum Gasteiger partial charge on any atom is 0.273 e. The third-order valence-electron chi connectivity index (χ3n) is 4.70. The van der Waals surface area contributed by atoms with E-state index in [1.807, 2.05) is 13.8 Å². The van der Waals surface area contributed by atoms with Crippen LogP contribution in [0.2, 0.25) is 0 Å². The van der Waals surface area contributed by atoms with E-state index in [1.54, 1.807) is 36.0 Å². The second kappa shape index (κ2) is 8.26. The average molecular weight is 383 g/mol. The molecule has 3 rings (SSSR count). The SMILES string of the molecule is Cc1nc2c(c(C)c1CCC(=O)Nc1ccc(OCCN)cc1)c(=O)[nH]n2C. The number of hydrogen-bond donors (Lipinski definition) is 3. The number of rotatable bonds is 7. The summed E-state index contributed by atoms with van der Waals surface area (Å²) in [5, 5.41) is 6.18. The van der Waals surface area contributed by atoms with Gasteiger partial charge in [-0.25, -0.2) is 4.98 Å². The fourth-order valence-electron chi connectivity index (χ4n) is 3.29. The molecular formula is C20H25N5O3. The Balaban J connectivity index is 1.68. The van der Waals surface area contributed by atoms with E-state index >= 15 is 0 Å². The molecule has 0 bridgehead atoms. The Morgan fingerprint density at radius 3 is 2.68 bits per heavy atom. The number of anilines is 1. The van der Waals surface area contributed by atoms with E-state index in [-0.39, 0.29) is 11.5 Å². The molecule has 1 aromatic carbocycles.